The predicted molar refractivity (Wildman–Crippen MR) is 84.6 cm³/mol. The van der Waals surface area contributed by atoms with Crippen LogP contribution in [0.4, 0.5) is 4.39 Å². The van der Waals surface area contributed by atoms with Gasteiger partial charge in [0.25, 0.3) is 5.91 Å². The normalized spacial score (nSPS) is 13.0. The van der Waals surface area contributed by atoms with Crippen LogP contribution in [0, 0.1) is 5.82 Å². The smallest absolute Gasteiger partial charge is 0.255 e. The Kier molecular flexibility index (Phi) is 6.34. The molecule has 0 fully saturated rings. The minimum absolute atomic E-state index is 0.0450. The molecule has 0 aromatic heterocycles. The van der Waals surface area contributed by atoms with E-state index in [-0.39, 0.29) is 17.4 Å². The van der Waals surface area contributed by atoms with Gasteiger partial charge < -0.3 is 4.90 Å². The molecule has 0 radical (unpaired) electrons. The maximum absolute atomic E-state index is 13.1. The molecule has 0 heterocycles. The third-order valence-corrected chi connectivity index (χ3v) is 5.76. The Labute approximate surface area is 133 Å². The van der Waals surface area contributed by atoms with Gasteiger partial charge >= 0.3 is 0 Å². The van der Waals surface area contributed by atoms with Crippen molar-refractivity contribution in [1.82, 2.24) is 4.90 Å². The van der Waals surface area contributed by atoms with Crippen molar-refractivity contribution in [3.8, 4) is 0 Å². The molecule has 118 valence electrons. The molecule has 1 aromatic rings. The number of carbonyl (C=O) groups excluding carboxylic acids is 1. The first-order valence-electron chi connectivity index (χ1n) is 6.68. The minimum Gasteiger partial charge on any atom is -0.335 e. The van der Waals surface area contributed by atoms with E-state index in [2.05, 4.69) is 15.9 Å². The summed E-state index contributed by atoms with van der Waals surface area (Å²) >= 11 is 3.16. The Bertz CT molecular complexity index is 619. The number of amides is 1. The lowest BCUT2D eigenvalue weighted by atomic mass is 10.1. The summed E-state index contributed by atoms with van der Waals surface area (Å²) in [6.45, 7) is 5.44. The van der Waals surface area contributed by atoms with Crippen LogP contribution in [0.3, 0.4) is 0 Å². The summed E-state index contributed by atoms with van der Waals surface area (Å²) in [5.41, 5.74) is 0.319. The van der Waals surface area contributed by atoms with Crippen LogP contribution in [0.5, 0.6) is 0 Å². The summed E-state index contributed by atoms with van der Waals surface area (Å²) in [5.74, 6) is -0.795. The summed E-state index contributed by atoms with van der Waals surface area (Å²) in [5, 5.41) is 0. The third kappa shape index (κ3) is 4.78. The quantitative estimate of drug-likeness (QED) is 0.763. The summed E-state index contributed by atoms with van der Waals surface area (Å²) in [4.78, 5) is 14.0. The third-order valence-electron chi connectivity index (χ3n) is 3.23. The van der Waals surface area contributed by atoms with Crippen LogP contribution in [0.2, 0.25) is 0 Å². The highest BCUT2D eigenvalue weighted by Crippen LogP contribution is 2.21. The van der Waals surface area contributed by atoms with Gasteiger partial charge in [0, 0.05) is 22.8 Å². The van der Waals surface area contributed by atoms with Crippen molar-refractivity contribution < 1.29 is 17.6 Å². The molecule has 0 bridgehead atoms. The highest BCUT2D eigenvalue weighted by Gasteiger charge is 2.25. The number of benzene rings is 1. The maximum atomic E-state index is 13.1. The van der Waals surface area contributed by atoms with E-state index >= 15 is 0 Å². The second-order valence-electron chi connectivity index (χ2n) is 4.76. The maximum Gasteiger partial charge on any atom is 0.255 e. The topological polar surface area (TPSA) is 54.5 Å². The molecule has 0 aliphatic heterocycles. The van der Waals surface area contributed by atoms with Crippen LogP contribution in [0.15, 0.2) is 22.7 Å². The van der Waals surface area contributed by atoms with Gasteiger partial charge in [-0.3, -0.25) is 4.79 Å². The van der Waals surface area contributed by atoms with E-state index in [1.807, 2.05) is 0 Å². The van der Waals surface area contributed by atoms with Crippen molar-refractivity contribution in [3.63, 3.8) is 0 Å². The highest BCUT2D eigenvalue weighted by molar-refractivity contribution is 9.10. The van der Waals surface area contributed by atoms with Crippen molar-refractivity contribution in [1.29, 1.82) is 0 Å². The monoisotopic (exact) mass is 379 g/mol. The highest BCUT2D eigenvalue weighted by atomic mass is 79.9. The average Bonchev–Trinajstić information content (AvgIpc) is 2.38. The van der Waals surface area contributed by atoms with Crippen LogP contribution < -0.4 is 0 Å². The average molecular weight is 380 g/mol. The number of hydrogen-bond acceptors (Lipinski definition) is 3. The largest absolute Gasteiger partial charge is 0.335 e. The predicted octanol–water partition coefficient (Wildman–Crippen LogP) is 2.87. The van der Waals surface area contributed by atoms with Gasteiger partial charge in [-0.05, 0) is 48.0 Å². The van der Waals surface area contributed by atoms with Crippen LogP contribution in [-0.2, 0) is 9.84 Å². The molecule has 21 heavy (non-hydrogen) atoms. The van der Waals surface area contributed by atoms with Gasteiger partial charge in [-0.2, -0.15) is 0 Å². The molecule has 0 N–H and O–H groups in total. The Morgan fingerprint density at radius 1 is 1.38 bits per heavy atom. The fourth-order valence-electron chi connectivity index (χ4n) is 2.05. The molecular weight excluding hydrogens is 361 g/mol. The number of sulfone groups is 1. The minimum atomic E-state index is -3.17. The Morgan fingerprint density at radius 2 is 2.00 bits per heavy atom. The molecule has 0 aliphatic rings. The van der Waals surface area contributed by atoms with Crippen LogP contribution in [-0.4, -0.2) is 43.3 Å². The molecule has 0 saturated heterocycles. The number of nitrogens with zero attached hydrogens (tertiary/aromatic N) is 1. The summed E-state index contributed by atoms with van der Waals surface area (Å²) in [6, 6.07) is 3.38. The molecule has 0 spiro atoms. The van der Waals surface area contributed by atoms with Crippen molar-refractivity contribution in [2.75, 3.05) is 18.1 Å². The van der Waals surface area contributed by atoms with Crippen LogP contribution >= 0.6 is 15.9 Å². The van der Waals surface area contributed by atoms with Gasteiger partial charge in [0.2, 0.25) is 0 Å². The van der Waals surface area contributed by atoms with E-state index in [1.54, 1.807) is 20.8 Å². The molecule has 1 aromatic carbocycles. The van der Waals surface area contributed by atoms with E-state index < -0.39 is 21.7 Å². The van der Waals surface area contributed by atoms with E-state index in [9.17, 15) is 17.6 Å². The second kappa shape index (κ2) is 7.35. The Morgan fingerprint density at radius 3 is 2.48 bits per heavy atom. The zero-order chi connectivity index (χ0) is 16.2. The van der Waals surface area contributed by atoms with Gasteiger partial charge in [-0.1, -0.05) is 6.92 Å². The molecule has 1 atom stereocenters. The van der Waals surface area contributed by atoms with Gasteiger partial charge in [0.15, 0.2) is 9.84 Å². The summed E-state index contributed by atoms with van der Waals surface area (Å²) in [6.07, 6.45) is 0. The van der Waals surface area contributed by atoms with Crippen molar-refractivity contribution in [3.05, 3.63) is 34.1 Å². The number of carbonyl (C=O) groups is 1. The Balaban J connectivity index is 3.01. The number of halogens is 2. The lowest BCUT2D eigenvalue weighted by Gasteiger charge is -2.28. The van der Waals surface area contributed by atoms with Gasteiger partial charge in [-0.25, -0.2) is 12.8 Å². The van der Waals surface area contributed by atoms with Gasteiger partial charge in [-0.15, -0.1) is 0 Å². The standard InChI is InChI=1S/C14H19BrFNO3S/c1-4-17(10(3)9-21(19,20)5-2)14(18)12-7-6-11(16)8-13(12)15/h6-8,10H,4-5,9H2,1-3H3. The number of rotatable bonds is 6. The molecular formula is C14H19BrFNO3S. The lowest BCUT2D eigenvalue weighted by molar-refractivity contribution is 0.0718. The van der Waals surface area contributed by atoms with E-state index in [4.69, 9.17) is 0 Å². The van der Waals surface area contributed by atoms with Crippen molar-refractivity contribution >= 4 is 31.7 Å². The molecule has 1 unspecified atom stereocenters. The molecule has 0 aliphatic carbocycles. The fraction of sp³-hybridized carbons (Fsp3) is 0.500. The van der Waals surface area contributed by atoms with E-state index in [0.717, 1.165) is 0 Å². The zero-order valence-corrected chi connectivity index (χ0v) is 14.7. The summed E-state index contributed by atoms with van der Waals surface area (Å²) < 4.78 is 36.9. The fourth-order valence-corrected chi connectivity index (χ4v) is 3.72. The SMILES string of the molecule is CCN(C(=O)c1ccc(F)cc1Br)C(C)CS(=O)(=O)CC. The zero-order valence-electron chi connectivity index (χ0n) is 12.3. The van der Waals surface area contributed by atoms with Gasteiger partial charge in [0.1, 0.15) is 5.82 Å². The molecule has 1 rings (SSSR count). The number of hydrogen-bond donors (Lipinski definition) is 0. The first kappa shape index (κ1) is 18.1. The van der Waals surface area contributed by atoms with E-state index in [1.165, 1.54) is 23.1 Å². The van der Waals surface area contributed by atoms with Crippen LogP contribution in [0.25, 0.3) is 0 Å². The van der Waals surface area contributed by atoms with Gasteiger partial charge in [0.05, 0.1) is 11.3 Å². The van der Waals surface area contributed by atoms with E-state index in [0.29, 0.717) is 16.6 Å². The van der Waals surface area contributed by atoms with Crippen molar-refractivity contribution in [2.45, 2.75) is 26.8 Å². The van der Waals surface area contributed by atoms with Crippen LogP contribution in [0.1, 0.15) is 31.1 Å². The molecule has 1 amide bonds. The first-order chi connectivity index (χ1) is 9.71. The molecule has 4 nitrogen and oxygen atoms in total. The summed E-state index contributed by atoms with van der Waals surface area (Å²) in [7, 11) is -3.17. The molecule has 0 saturated carbocycles. The first-order valence-corrected chi connectivity index (χ1v) is 9.29. The lowest BCUT2D eigenvalue weighted by Crippen LogP contribution is -2.42. The Hall–Kier alpha value is -0.950. The second-order valence-corrected chi connectivity index (χ2v) is 8.02. The molecule has 7 heteroatoms. The van der Waals surface area contributed by atoms with Crippen molar-refractivity contribution in [2.24, 2.45) is 0 Å².